The number of carbonyl (C=O) groups is 1. The van der Waals surface area contributed by atoms with Crippen LogP contribution in [-0.2, 0) is 4.79 Å². The smallest absolute Gasteiger partial charge is 0.234 e. The molecule has 0 aliphatic carbocycles. The maximum Gasteiger partial charge on any atom is 0.234 e. The molecule has 1 rings (SSSR count). The van der Waals surface area contributed by atoms with Gasteiger partial charge in [-0.05, 0) is 19.0 Å². The minimum absolute atomic E-state index is 0.0135. The molecule has 0 aliphatic heterocycles. The minimum Gasteiger partial charge on any atom is -0.496 e. The number of hydrogen-bond donors (Lipinski definition) is 2. The molecule has 21 heavy (non-hydrogen) atoms. The van der Waals surface area contributed by atoms with E-state index in [1.54, 1.807) is 7.11 Å². The summed E-state index contributed by atoms with van der Waals surface area (Å²) >= 11 is 0. The summed E-state index contributed by atoms with van der Waals surface area (Å²) in [5, 5.41) is 2.92. The van der Waals surface area contributed by atoms with Crippen LogP contribution >= 0.6 is 0 Å². The maximum absolute atomic E-state index is 11.9. The van der Waals surface area contributed by atoms with Gasteiger partial charge in [0.05, 0.1) is 19.7 Å². The van der Waals surface area contributed by atoms with Crippen molar-refractivity contribution in [1.29, 1.82) is 0 Å². The zero-order valence-corrected chi connectivity index (χ0v) is 13.4. The molecule has 0 heterocycles. The zero-order valence-electron chi connectivity index (χ0n) is 13.4. The molecule has 0 aromatic heterocycles. The highest BCUT2D eigenvalue weighted by atomic mass is 16.5. The van der Waals surface area contributed by atoms with Crippen LogP contribution in [0.5, 0.6) is 5.75 Å². The molecule has 0 spiro atoms. The van der Waals surface area contributed by atoms with Crippen molar-refractivity contribution >= 4 is 5.91 Å². The van der Waals surface area contributed by atoms with Gasteiger partial charge in [-0.1, -0.05) is 32.0 Å². The van der Waals surface area contributed by atoms with E-state index in [0.29, 0.717) is 25.6 Å². The maximum atomic E-state index is 11.9. The fourth-order valence-electron chi connectivity index (χ4n) is 2.20. The molecule has 1 unspecified atom stereocenters. The number of nitrogens with two attached hydrogens (primary N) is 1. The number of carbonyl (C=O) groups excluding carboxylic acids is 1. The fourth-order valence-corrected chi connectivity index (χ4v) is 2.20. The molecule has 3 N–H and O–H groups in total. The van der Waals surface area contributed by atoms with Gasteiger partial charge in [-0.2, -0.15) is 0 Å². The first-order chi connectivity index (χ1) is 9.99. The van der Waals surface area contributed by atoms with Crippen LogP contribution in [0.4, 0.5) is 0 Å². The Bertz CT molecular complexity index is 449. The van der Waals surface area contributed by atoms with E-state index in [1.165, 1.54) is 0 Å². The number of hydrogen-bond acceptors (Lipinski definition) is 4. The first kappa shape index (κ1) is 17.5. The summed E-state index contributed by atoms with van der Waals surface area (Å²) in [5.74, 6) is 1.25. The van der Waals surface area contributed by atoms with Crippen molar-refractivity contribution in [3.05, 3.63) is 29.8 Å². The Labute approximate surface area is 127 Å². The molecular formula is C16H27N3O2. The van der Waals surface area contributed by atoms with E-state index >= 15 is 0 Å². The van der Waals surface area contributed by atoms with Crippen LogP contribution in [0, 0.1) is 5.92 Å². The quantitative estimate of drug-likeness (QED) is 0.760. The largest absolute Gasteiger partial charge is 0.496 e. The van der Waals surface area contributed by atoms with Gasteiger partial charge in [0.2, 0.25) is 5.91 Å². The molecule has 1 aromatic rings. The van der Waals surface area contributed by atoms with Crippen LogP contribution < -0.4 is 15.8 Å². The number of benzene rings is 1. The van der Waals surface area contributed by atoms with E-state index in [0.717, 1.165) is 11.3 Å². The van der Waals surface area contributed by atoms with Crippen molar-refractivity contribution < 1.29 is 9.53 Å². The third-order valence-corrected chi connectivity index (χ3v) is 3.35. The van der Waals surface area contributed by atoms with Crippen LogP contribution in [0.3, 0.4) is 0 Å². The van der Waals surface area contributed by atoms with Crippen molar-refractivity contribution in [3.63, 3.8) is 0 Å². The van der Waals surface area contributed by atoms with Crippen molar-refractivity contribution in [3.8, 4) is 5.75 Å². The molecule has 1 aromatic carbocycles. The molecule has 0 bridgehead atoms. The van der Waals surface area contributed by atoms with E-state index < -0.39 is 0 Å². The number of para-hydroxylation sites is 1. The van der Waals surface area contributed by atoms with Gasteiger partial charge in [0.15, 0.2) is 0 Å². The molecule has 0 aliphatic rings. The monoisotopic (exact) mass is 293 g/mol. The van der Waals surface area contributed by atoms with Crippen LogP contribution in [0.25, 0.3) is 0 Å². The molecule has 0 radical (unpaired) electrons. The molecule has 5 heteroatoms. The summed E-state index contributed by atoms with van der Waals surface area (Å²) in [6, 6.07) is 7.72. The molecule has 1 amide bonds. The summed E-state index contributed by atoms with van der Waals surface area (Å²) in [5.41, 5.74) is 6.90. The number of rotatable bonds is 8. The Kier molecular flexibility index (Phi) is 7.19. The van der Waals surface area contributed by atoms with Crippen LogP contribution in [0.1, 0.15) is 25.5 Å². The van der Waals surface area contributed by atoms with Crippen LogP contribution in [0.15, 0.2) is 24.3 Å². The number of nitrogens with one attached hydrogen (secondary N) is 1. The van der Waals surface area contributed by atoms with Gasteiger partial charge in [0.1, 0.15) is 5.75 Å². The predicted molar refractivity (Wildman–Crippen MR) is 85.3 cm³/mol. The normalized spacial score (nSPS) is 12.5. The van der Waals surface area contributed by atoms with Gasteiger partial charge in [-0.25, -0.2) is 0 Å². The first-order valence-electron chi connectivity index (χ1n) is 7.29. The van der Waals surface area contributed by atoms with E-state index in [1.807, 2.05) is 36.2 Å². The van der Waals surface area contributed by atoms with Gasteiger partial charge in [-0.3, -0.25) is 9.69 Å². The Morgan fingerprint density at radius 2 is 2.05 bits per heavy atom. The second-order valence-electron chi connectivity index (χ2n) is 5.61. The first-order valence-corrected chi connectivity index (χ1v) is 7.29. The summed E-state index contributed by atoms with van der Waals surface area (Å²) in [7, 11) is 3.54. The van der Waals surface area contributed by atoms with E-state index in [4.69, 9.17) is 10.5 Å². The highest BCUT2D eigenvalue weighted by Crippen LogP contribution is 2.27. The lowest BCUT2D eigenvalue weighted by Gasteiger charge is -2.28. The summed E-state index contributed by atoms with van der Waals surface area (Å²) in [6.07, 6.45) is 0. The highest BCUT2D eigenvalue weighted by Gasteiger charge is 2.20. The lowest BCUT2D eigenvalue weighted by molar-refractivity contribution is -0.122. The SMILES string of the molecule is COc1ccccc1C(CN)N(C)CC(=O)NCC(C)C. The average molecular weight is 293 g/mol. The topological polar surface area (TPSA) is 67.6 Å². The summed E-state index contributed by atoms with van der Waals surface area (Å²) < 4.78 is 5.38. The number of methoxy groups -OCH3 is 1. The van der Waals surface area contributed by atoms with Crippen LogP contribution in [0.2, 0.25) is 0 Å². The van der Waals surface area contributed by atoms with Gasteiger partial charge < -0.3 is 15.8 Å². The molecule has 0 saturated carbocycles. The third-order valence-electron chi connectivity index (χ3n) is 3.35. The zero-order chi connectivity index (χ0) is 15.8. The standard InChI is InChI=1S/C16H27N3O2/c1-12(2)10-18-16(20)11-19(3)14(9-17)13-7-5-6-8-15(13)21-4/h5-8,12,14H,9-11,17H2,1-4H3,(H,18,20). The fraction of sp³-hybridized carbons (Fsp3) is 0.562. The van der Waals surface area contributed by atoms with Crippen LogP contribution in [-0.4, -0.2) is 44.6 Å². The van der Waals surface area contributed by atoms with Gasteiger partial charge in [-0.15, -0.1) is 0 Å². The average Bonchev–Trinajstić information content (AvgIpc) is 2.46. The number of likely N-dealkylation sites (N-methyl/N-ethyl adjacent to an activating group) is 1. The predicted octanol–water partition coefficient (Wildman–Crippen LogP) is 1.40. The molecule has 118 valence electrons. The number of amides is 1. The van der Waals surface area contributed by atoms with E-state index in [-0.39, 0.29) is 11.9 Å². The lowest BCUT2D eigenvalue weighted by atomic mass is 10.0. The van der Waals surface area contributed by atoms with Gasteiger partial charge in [0.25, 0.3) is 0 Å². The molecule has 1 atom stereocenters. The van der Waals surface area contributed by atoms with Crippen molar-refractivity contribution in [2.24, 2.45) is 11.7 Å². The van der Waals surface area contributed by atoms with Gasteiger partial charge in [0, 0.05) is 18.7 Å². The molecule has 0 fully saturated rings. The summed E-state index contributed by atoms with van der Waals surface area (Å²) in [6.45, 7) is 5.57. The Hall–Kier alpha value is -1.59. The second-order valence-corrected chi connectivity index (χ2v) is 5.61. The number of nitrogens with zero attached hydrogens (tertiary/aromatic N) is 1. The van der Waals surface area contributed by atoms with Gasteiger partial charge >= 0.3 is 0 Å². The second kappa shape index (κ2) is 8.64. The van der Waals surface area contributed by atoms with Crippen molar-refractivity contribution in [1.82, 2.24) is 10.2 Å². The molecular weight excluding hydrogens is 266 g/mol. The Morgan fingerprint density at radius 1 is 1.38 bits per heavy atom. The Balaban J connectivity index is 2.73. The van der Waals surface area contributed by atoms with Crippen molar-refractivity contribution in [2.75, 3.05) is 33.8 Å². The van der Waals surface area contributed by atoms with E-state index in [2.05, 4.69) is 19.2 Å². The molecule has 0 saturated heterocycles. The number of ether oxygens (including phenoxy) is 1. The lowest BCUT2D eigenvalue weighted by Crippen LogP contribution is -2.40. The third kappa shape index (κ3) is 5.36. The highest BCUT2D eigenvalue weighted by molar-refractivity contribution is 5.78. The summed E-state index contributed by atoms with van der Waals surface area (Å²) in [4.78, 5) is 13.9. The molecule has 5 nitrogen and oxygen atoms in total. The Morgan fingerprint density at radius 3 is 2.62 bits per heavy atom. The van der Waals surface area contributed by atoms with Crippen molar-refractivity contribution in [2.45, 2.75) is 19.9 Å². The minimum atomic E-state index is -0.0500. The van der Waals surface area contributed by atoms with E-state index in [9.17, 15) is 4.79 Å².